The van der Waals surface area contributed by atoms with Gasteiger partial charge in [0.2, 0.25) is 0 Å². The Labute approximate surface area is 254 Å². The molecule has 0 spiro atoms. The van der Waals surface area contributed by atoms with Crippen molar-refractivity contribution in [2.24, 2.45) is 0 Å². The third-order valence-corrected chi connectivity index (χ3v) is 5.79. The summed E-state index contributed by atoms with van der Waals surface area (Å²) in [6.45, 7) is 2.81. The number of para-hydroxylation sites is 2. The predicted molar refractivity (Wildman–Crippen MR) is 154 cm³/mol. The average molecular weight is 632 g/mol. The number of carbonyl (C=O) groups excluding carboxylic acids is 2. The number of benzene rings is 4. The number of nitrogens with zero attached hydrogens (tertiary/aromatic N) is 1. The van der Waals surface area contributed by atoms with Gasteiger partial charge in [0.05, 0.1) is 22.1 Å². The molecular formula is C31H25ClF3NO8. The minimum atomic E-state index is -4.61. The van der Waals surface area contributed by atoms with Gasteiger partial charge in [0.25, 0.3) is 5.69 Å². The molecule has 0 aliphatic carbocycles. The normalized spacial score (nSPS) is 11.3. The van der Waals surface area contributed by atoms with Gasteiger partial charge in [-0.2, -0.15) is 13.2 Å². The second-order valence-electron chi connectivity index (χ2n) is 8.71. The molecule has 0 radical (unpaired) electrons. The van der Waals surface area contributed by atoms with E-state index in [1.54, 1.807) is 6.92 Å². The van der Waals surface area contributed by atoms with E-state index in [1.165, 1.54) is 6.92 Å². The summed E-state index contributed by atoms with van der Waals surface area (Å²) >= 11 is 5.83. The van der Waals surface area contributed by atoms with Crippen molar-refractivity contribution in [1.29, 1.82) is 0 Å². The zero-order valence-electron chi connectivity index (χ0n) is 23.2. The molecule has 44 heavy (non-hydrogen) atoms. The molecule has 4 aromatic rings. The Morgan fingerprint density at radius 1 is 0.864 bits per heavy atom. The third kappa shape index (κ3) is 9.73. The Balaban J connectivity index is 0.000000335. The molecule has 0 aliphatic rings. The molecule has 1 atom stereocenters. The number of halogens is 4. The molecule has 9 nitrogen and oxygen atoms in total. The Bertz CT molecular complexity index is 1550. The predicted octanol–water partition coefficient (Wildman–Crippen LogP) is 8.65. The van der Waals surface area contributed by atoms with Crippen molar-refractivity contribution in [1.82, 2.24) is 0 Å². The van der Waals surface area contributed by atoms with Gasteiger partial charge >= 0.3 is 18.1 Å². The van der Waals surface area contributed by atoms with E-state index in [4.69, 9.17) is 30.5 Å². The van der Waals surface area contributed by atoms with E-state index >= 15 is 0 Å². The van der Waals surface area contributed by atoms with E-state index in [0.717, 1.165) is 41.8 Å². The van der Waals surface area contributed by atoms with E-state index in [9.17, 15) is 32.9 Å². The summed E-state index contributed by atoms with van der Waals surface area (Å²) in [7, 11) is 0. The van der Waals surface area contributed by atoms with Crippen molar-refractivity contribution in [3.05, 3.63) is 123 Å². The molecular weight excluding hydrogens is 607 g/mol. The smallest absolute Gasteiger partial charge is 0.416 e. The van der Waals surface area contributed by atoms with Crippen LogP contribution in [-0.4, -0.2) is 29.6 Å². The second-order valence-corrected chi connectivity index (χ2v) is 9.12. The van der Waals surface area contributed by atoms with Crippen molar-refractivity contribution in [3.8, 4) is 23.0 Å². The second kappa shape index (κ2) is 15.4. The van der Waals surface area contributed by atoms with Crippen LogP contribution in [-0.2, 0) is 20.4 Å². The molecule has 0 N–H and O–H groups in total. The Morgan fingerprint density at radius 2 is 1.45 bits per heavy atom. The number of hydrogen-bond donors (Lipinski definition) is 0. The number of alkyl halides is 3. The minimum Gasteiger partial charge on any atom is -0.463 e. The molecule has 230 valence electrons. The number of nitro groups is 1. The number of nitro benzene ring substituents is 1. The van der Waals surface area contributed by atoms with Gasteiger partial charge in [0, 0.05) is 12.1 Å². The van der Waals surface area contributed by atoms with E-state index < -0.39 is 46.0 Å². The van der Waals surface area contributed by atoms with E-state index in [2.05, 4.69) is 0 Å². The van der Waals surface area contributed by atoms with Crippen LogP contribution in [0.1, 0.15) is 29.8 Å². The maximum absolute atomic E-state index is 12.8. The first kappa shape index (κ1) is 33.4. The molecule has 0 aromatic heterocycles. The van der Waals surface area contributed by atoms with Gasteiger partial charge in [-0.05, 0) is 62.4 Å². The van der Waals surface area contributed by atoms with Crippen molar-refractivity contribution in [3.63, 3.8) is 0 Å². The molecule has 13 heteroatoms. The zero-order valence-corrected chi connectivity index (χ0v) is 24.0. The standard InChI is InChI=1S/C19H15ClF3NO7.C12H10O/c1-3-29-17(25)10(2)30-18(26)13-9-12(5-6-15(13)24(27)28)31-16-7-4-11(8-14(16)20)19(21,22)23;1-3-7-11(8-4-1)13-12-9-5-2-6-10-12/h4-10H,3H2,1-2H3;1-10H. The number of carbonyl (C=O) groups is 2. The quantitative estimate of drug-likeness (QED) is 0.102. The van der Waals surface area contributed by atoms with Gasteiger partial charge in [-0.3, -0.25) is 10.1 Å². The minimum absolute atomic E-state index is 0.0398. The lowest BCUT2D eigenvalue weighted by atomic mass is 10.1. The summed E-state index contributed by atoms with van der Waals surface area (Å²) in [4.78, 5) is 34.4. The first-order valence-electron chi connectivity index (χ1n) is 12.9. The lowest BCUT2D eigenvalue weighted by Crippen LogP contribution is -2.26. The zero-order chi connectivity index (χ0) is 32.3. The van der Waals surface area contributed by atoms with Gasteiger partial charge < -0.3 is 18.9 Å². The maximum atomic E-state index is 12.8. The lowest BCUT2D eigenvalue weighted by Gasteiger charge is -2.13. The topological polar surface area (TPSA) is 114 Å². The number of esters is 2. The molecule has 4 aromatic carbocycles. The van der Waals surface area contributed by atoms with Crippen molar-refractivity contribution in [2.75, 3.05) is 6.61 Å². The van der Waals surface area contributed by atoms with Crippen molar-refractivity contribution >= 4 is 29.2 Å². The molecule has 0 fully saturated rings. The number of hydrogen-bond acceptors (Lipinski definition) is 8. The van der Waals surface area contributed by atoms with Crippen molar-refractivity contribution < 1.29 is 46.6 Å². The maximum Gasteiger partial charge on any atom is 0.416 e. The van der Waals surface area contributed by atoms with E-state index in [0.29, 0.717) is 6.07 Å². The van der Waals surface area contributed by atoms with Gasteiger partial charge in [0.15, 0.2) is 6.10 Å². The highest BCUT2D eigenvalue weighted by molar-refractivity contribution is 6.32. The summed E-state index contributed by atoms with van der Waals surface area (Å²) < 4.78 is 58.8. The molecule has 0 heterocycles. The summed E-state index contributed by atoms with van der Waals surface area (Å²) in [5.74, 6) is -0.619. The van der Waals surface area contributed by atoms with E-state index in [-0.39, 0.29) is 23.1 Å². The molecule has 0 amide bonds. The molecule has 0 saturated heterocycles. The molecule has 0 bridgehead atoms. The van der Waals surface area contributed by atoms with Gasteiger partial charge in [-0.15, -0.1) is 0 Å². The largest absolute Gasteiger partial charge is 0.463 e. The van der Waals surface area contributed by atoms with Crippen LogP contribution in [0.3, 0.4) is 0 Å². The van der Waals surface area contributed by atoms with Crippen LogP contribution in [0, 0.1) is 10.1 Å². The highest BCUT2D eigenvalue weighted by Crippen LogP contribution is 2.37. The number of rotatable bonds is 9. The summed E-state index contributed by atoms with van der Waals surface area (Å²) in [6, 6.07) is 24.9. The highest BCUT2D eigenvalue weighted by Gasteiger charge is 2.31. The van der Waals surface area contributed by atoms with Crippen LogP contribution in [0.15, 0.2) is 97.1 Å². The molecule has 4 rings (SSSR count). The van der Waals surface area contributed by atoms with Crippen LogP contribution in [0.2, 0.25) is 5.02 Å². The van der Waals surface area contributed by atoms with Crippen LogP contribution in [0.25, 0.3) is 0 Å². The fourth-order valence-electron chi connectivity index (χ4n) is 3.43. The van der Waals surface area contributed by atoms with Crippen LogP contribution in [0.4, 0.5) is 18.9 Å². The van der Waals surface area contributed by atoms with Crippen LogP contribution >= 0.6 is 11.6 Å². The fourth-order valence-corrected chi connectivity index (χ4v) is 3.65. The molecule has 0 saturated carbocycles. The highest BCUT2D eigenvalue weighted by atomic mass is 35.5. The monoisotopic (exact) mass is 631 g/mol. The van der Waals surface area contributed by atoms with E-state index in [1.807, 2.05) is 60.7 Å². The first-order valence-corrected chi connectivity index (χ1v) is 13.3. The Kier molecular flexibility index (Phi) is 11.7. The number of ether oxygens (including phenoxy) is 4. The third-order valence-electron chi connectivity index (χ3n) is 5.50. The first-order chi connectivity index (χ1) is 20.9. The summed E-state index contributed by atoms with van der Waals surface area (Å²) in [5.41, 5.74) is -2.17. The van der Waals surface area contributed by atoms with Crippen LogP contribution in [0.5, 0.6) is 23.0 Å². The van der Waals surface area contributed by atoms with Crippen LogP contribution < -0.4 is 9.47 Å². The SMILES string of the molecule is CCOC(=O)C(C)OC(=O)c1cc(Oc2ccc(C(F)(F)F)cc2Cl)ccc1[N+](=O)[O-].c1ccc(Oc2ccccc2)cc1. The summed E-state index contributed by atoms with van der Waals surface area (Å²) in [5, 5.41) is 10.9. The van der Waals surface area contributed by atoms with Crippen molar-refractivity contribution in [2.45, 2.75) is 26.1 Å². The summed E-state index contributed by atoms with van der Waals surface area (Å²) in [6.07, 6.45) is -5.94. The fraction of sp³-hybridized carbons (Fsp3) is 0.161. The molecule has 1 unspecified atom stereocenters. The van der Waals surface area contributed by atoms with Gasteiger partial charge in [-0.25, -0.2) is 9.59 Å². The average Bonchev–Trinajstić information content (AvgIpc) is 2.99. The molecule has 0 aliphatic heterocycles. The van der Waals surface area contributed by atoms with Gasteiger partial charge in [0.1, 0.15) is 28.6 Å². The Morgan fingerprint density at radius 3 is 1.95 bits per heavy atom. The lowest BCUT2D eigenvalue weighted by molar-refractivity contribution is -0.385. The Hall–Kier alpha value is -5.10. The van der Waals surface area contributed by atoms with Gasteiger partial charge in [-0.1, -0.05) is 48.0 Å².